The molecule has 0 aromatic heterocycles. The molecule has 0 bridgehead atoms. The summed E-state index contributed by atoms with van der Waals surface area (Å²) in [5.41, 5.74) is 0.187. The lowest BCUT2D eigenvalue weighted by molar-refractivity contribution is -0.134. The molecule has 0 heterocycles. The molecule has 7 heteroatoms. The minimum atomic E-state index is -0.624. The van der Waals surface area contributed by atoms with Crippen molar-refractivity contribution in [3.05, 3.63) is 42.0 Å². The van der Waals surface area contributed by atoms with Crippen molar-refractivity contribution < 1.29 is 33.3 Å². The molecule has 2 aromatic carbocycles. The van der Waals surface area contributed by atoms with Crippen molar-refractivity contribution >= 4 is 11.9 Å². The Bertz CT molecular complexity index is 781. The number of carbonyl (C=O) groups excluding carboxylic acids is 2. The number of hydrogen-bond donors (Lipinski definition) is 0. The van der Waals surface area contributed by atoms with E-state index < -0.39 is 5.97 Å². The average Bonchev–Trinajstić information content (AvgIpc) is 2.67. The average molecular weight is 360 g/mol. The third-order valence-electron chi connectivity index (χ3n) is 3.48. The van der Waals surface area contributed by atoms with Crippen LogP contribution >= 0.6 is 0 Å². The van der Waals surface area contributed by atoms with Gasteiger partial charge < -0.3 is 23.7 Å². The topological polar surface area (TPSA) is 80.3 Å². The number of hydrogen-bond acceptors (Lipinski definition) is 7. The van der Waals surface area contributed by atoms with E-state index in [0.29, 0.717) is 28.7 Å². The number of ether oxygens (including phenoxy) is 5. The summed E-state index contributed by atoms with van der Waals surface area (Å²) in [6.45, 7) is 1.70. The summed E-state index contributed by atoms with van der Waals surface area (Å²) < 4.78 is 26.0. The van der Waals surface area contributed by atoms with Crippen molar-refractivity contribution in [3.8, 4) is 28.7 Å². The molecule has 0 saturated heterocycles. The molecule has 0 amide bonds. The Morgan fingerprint density at radius 2 is 1.27 bits per heavy atom. The van der Waals surface area contributed by atoms with Gasteiger partial charge >= 0.3 is 11.9 Å². The van der Waals surface area contributed by atoms with Crippen molar-refractivity contribution in [1.82, 2.24) is 0 Å². The molecular formula is C19H20O7. The molecule has 0 spiro atoms. The van der Waals surface area contributed by atoms with Crippen LogP contribution in [0.2, 0.25) is 0 Å². The minimum Gasteiger partial charge on any atom is -0.496 e. The lowest BCUT2D eigenvalue weighted by Gasteiger charge is -2.13. The summed E-state index contributed by atoms with van der Waals surface area (Å²) in [7, 11) is 4.40. The fraction of sp³-hybridized carbons (Fsp3) is 0.263. The summed E-state index contributed by atoms with van der Waals surface area (Å²) in [5.74, 6) is 0.806. The van der Waals surface area contributed by atoms with Crippen LogP contribution in [0.25, 0.3) is 0 Å². The van der Waals surface area contributed by atoms with E-state index >= 15 is 0 Å². The van der Waals surface area contributed by atoms with Gasteiger partial charge in [0, 0.05) is 18.6 Å². The molecule has 2 rings (SSSR count). The standard InChI is InChI=1S/C19H20O7/c1-5-18(20)25-12-6-8-13(9-7-12)26-19(21)14-10-16(23-3)17(24-4)11-15(14)22-2/h6-11H,5H2,1-4H3. The van der Waals surface area contributed by atoms with E-state index in [4.69, 9.17) is 23.7 Å². The normalized spacial score (nSPS) is 10.0. The lowest BCUT2D eigenvalue weighted by Crippen LogP contribution is -2.11. The van der Waals surface area contributed by atoms with E-state index in [9.17, 15) is 9.59 Å². The second-order valence-electron chi connectivity index (χ2n) is 5.10. The van der Waals surface area contributed by atoms with E-state index in [1.165, 1.54) is 39.5 Å². The van der Waals surface area contributed by atoms with Crippen LogP contribution in [0.4, 0.5) is 0 Å². The fourth-order valence-electron chi connectivity index (χ4n) is 2.13. The first-order valence-corrected chi connectivity index (χ1v) is 7.85. The molecule has 7 nitrogen and oxygen atoms in total. The Morgan fingerprint density at radius 3 is 1.77 bits per heavy atom. The van der Waals surface area contributed by atoms with E-state index in [2.05, 4.69) is 0 Å². The summed E-state index contributed by atoms with van der Waals surface area (Å²) in [4.78, 5) is 23.8. The molecule has 0 saturated carbocycles. The zero-order chi connectivity index (χ0) is 19.1. The Hall–Kier alpha value is -3.22. The molecule has 0 atom stereocenters. The van der Waals surface area contributed by atoms with Crippen molar-refractivity contribution in [3.63, 3.8) is 0 Å². The number of esters is 2. The van der Waals surface area contributed by atoms with Gasteiger partial charge in [-0.3, -0.25) is 4.79 Å². The molecule has 0 aliphatic rings. The van der Waals surface area contributed by atoms with Crippen molar-refractivity contribution in [1.29, 1.82) is 0 Å². The van der Waals surface area contributed by atoms with Crippen LogP contribution in [0.3, 0.4) is 0 Å². The van der Waals surface area contributed by atoms with Gasteiger partial charge in [0.05, 0.1) is 21.3 Å². The molecule has 0 fully saturated rings. The first-order chi connectivity index (χ1) is 12.5. The first-order valence-electron chi connectivity index (χ1n) is 7.85. The number of rotatable bonds is 7. The van der Waals surface area contributed by atoms with Gasteiger partial charge in [0.2, 0.25) is 0 Å². The van der Waals surface area contributed by atoms with Gasteiger partial charge in [0.15, 0.2) is 11.5 Å². The summed E-state index contributed by atoms with van der Waals surface area (Å²) in [6.07, 6.45) is 0.274. The Labute approximate surface area is 151 Å². The minimum absolute atomic E-state index is 0.187. The van der Waals surface area contributed by atoms with Crippen LogP contribution in [0.15, 0.2) is 36.4 Å². The molecule has 0 aliphatic carbocycles. The van der Waals surface area contributed by atoms with Gasteiger partial charge in [-0.05, 0) is 24.3 Å². The highest BCUT2D eigenvalue weighted by Crippen LogP contribution is 2.35. The zero-order valence-electron chi connectivity index (χ0n) is 15.0. The Kier molecular flexibility index (Phi) is 6.43. The maximum Gasteiger partial charge on any atom is 0.347 e. The van der Waals surface area contributed by atoms with Crippen LogP contribution in [0, 0.1) is 0 Å². The maximum atomic E-state index is 12.5. The molecule has 0 aliphatic heterocycles. The molecular weight excluding hydrogens is 340 g/mol. The highest BCUT2D eigenvalue weighted by Gasteiger charge is 2.19. The van der Waals surface area contributed by atoms with Gasteiger partial charge in [-0.1, -0.05) is 6.92 Å². The number of carbonyl (C=O) groups is 2. The van der Waals surface area contributed by atoms with Gasteiger partial charge in [-0.25, -0.2) is 4.79 Å². The predicted octanol–water partition coefficient (Wildman–Crippen LogP) is 3.25. The highest BCUT2D eigenvalue weighted by atomic mass is 16.5. The van der Waals surface area contributed by atoms with Gasteiger partial charge in [-0.2, -0.15) is 0 Å². The summed E-state index contributed by atoms with van der Waals surface area (Å²) >= 11 is 0. The SMILES string of the molecule is CCC(=O)Oc1ccc(OC(=O)c2cc(OC)c(OC)cc2OC)cc1. The largest absolute Gasteiger partial charge is 0.496 e. The molecule has 0 radical (unpaired) electrons. The second kappa shape index (κ2) is 8.75. The number of benzene rings is 2. The van der Waals surface area contributed by atoms with Crippen LogP contribution in [-0.2, 0) is 4.79 Å². The molecule has 2 aromatic rings. The smallest absolute Gasteiger partial charge is 0.347 e. The van der Waals surface area contributed by atoms with E-state index in [0.717, 1.165) is 0 Å². The van der Waals surface area contributed by atoms with Crippen LogP contribution in [-0.4, -0.2) is 33.3 Å². The Morgan fingerprint density at radius 1 is 0.769 bits per heavy atom. The van der Waals surface area contributed by atoms with E-state index in [1.807, 2.05) is 0 Å². The molecule has 26 heavy (non-hydrogen) atoms. The van der Waals surface area contributed by atoms with E-state index in [1.54, 1.807) is 25.1 Å². The zero-order valence-corrected chi connectivity index (χ0v) is 15.0. The maximum absolute atomic E-state index is 12.5. The Balaban J connectivity index is 2.20. The van der Waals surface area contributed by atoms with Crippen molar-refractivity contribution in [2.45, 2.75) is 13.3 Å². The summed E-state index contributed by atoms with van der Waals surface area (Å²) in [6, 6.07) is 9.18. The first kappa shape index (κ1) is 19.1. The van der Waals surface area contributed by atoms with Crippen LogP contribution in [0.5, 0.6) is 28.7 Å². The number of methoxy groups -OCH3 is 3. The highest BCUT2D eigenvalue weighted by molar-refractivity contribution is 5.95. The van der Waals surface area contributed by atoms with Crippen LogP contribution in [0.1, 0.15) is 23.7 Å². The summed E-state index contributed by atoms with van der Waals surface area (Å²) in [5, 5.41) is 0. The van der Waals surface area contributed by atoms with E-state index in [-0.39, 0.29) is 18.0 Å². The second-order valence-corrected chi connectivity index (χ2v) is 5.10. The van der Waals surface area contributed by atoms with Gasteiger partial charge in [0.25, 0.3) is 0 Å². The van der Waals surface area contributed by atoms with Crippen molar-refractivity contribution in [2.24, 2.45) is 0 Å². The molecule has 138 valence electrons. The van der Waals surface area contributed by atoms with Gasteiger partial charge in [0.1, 0.15) is 22.8 Å². The third-order valence-corrected chi connectivity index (χ3v) is 3.48. The monoisotopic (exact) mass is 360 g/mol. The van der Waals surface area contributed by atoms with Gasteiger partial charge in [-0.15, -0.1) is 0 Å². The fourth-order valence-corrected chi connectivity index (χ4v) is 2.13. The lowest BCUT2D eigenvalue weighted by atomic mass is 10.1. The predicted molar refractivity (Wildman–Crippen MR) is 93.4 cm³/mol. The van der Waals surface area contributed by atoms with Crippen molar-refractivity contribution in [2.75, 3.05) is 21.3 Å². The van der Waals surface area contributed by atoms with Crippen LogP contribution < -0.4 is 23.7 Å². The third kappa shape index (κ3) is 4.44. The quantitative estimate of drug-likeness (QED) is 0.554. The molecule has 0 N–H and O–H groups in total. The molecule has 0 unspecified atom stereocenters.